The van der Waals surface area contributed by atoms with Gasteiger partial charge < -0.3 is 25.1 Å². The molecule has 0 radical (unpaired) electrons. The second-order valence-corrected chi connectivity index (χ2v) is 9.10. The first-order valence-electron chi connectivity index (χ1n) is 10.7. The number of nitrogens with two attached hydrogens (primary N) is 1. The van der Waals surface area contributed by atoms with Crippen LogP contribution in [0.25, 0.3) is 0 Å². The number of amides is 1. The van der Waals surface area contributed by atoms with Crippen LogP contribution in [0.3, 0.4) is 0 Å². The van der Waals surface area contributed by atoms with E-state index in [2.05, 4.69) is 21.2 Å². The van der Waals surface area contributed by atoms with Crippen LogP contribution in [0.2, 0.25) is 0 Å². The highest BCUT2D eigenvalue weighted by Crippen LogP contribution is 2.36. The largest absolute Gasteiger partial charge is 0.462 e. The van der Waals surface area contributed by atoms with E-state index in [-0.39, 0.29) is 30.4 Å². The average molecular weight is 496 g/mol. The first kappa shape index (κ1) is 23.5. The van der Waals surface area contributed by atoms with Crippen molar-refractivity contribution in [3.63, 3.8) is 0 Å². The average Bonchev–Trinajstić information content (AvgIpc) is 2.98. The molecule has 1 aromatic heterocycles. The molecule has 2 unspecified atom stereocenters. The number of hydrogen-bond donors (Lipinski definition) is 2. The fraction of sp³-hybridized carbons (Fsp3) is 0.591. The zero-order valence-electron chi connectivity index (χ0n) is 18.3. The van der Waals surface area contributed by atoms with Gasteiger partial charge in [-0.1, -0.05) is 22.4 Å². The Morgan fingerprint density at radius 3 is 2.65 bits per heavy atom. The van der Waals surface area contributed by atoms with Gasteiger partial charge in [-0.05, 0) is 31.7 Å². The summed E-state index contributed by atoms with van der Waals surface area (Å²) in [4.78, 5) is 36.0. The van der Waals surface area contributed by atoms with E-state index < -0.39 is 5.97 Å². The number of aromatic nitrogens is 1. The number of ether oxygens (including phenoxy) is 2. The van der Waals surface area contributed by atoms with Crippen molar-refractivity contribution in [2.75, 3.05) is 6.61 Å². The SMILES string of the molecule is CCOC(=O)c1c2c(n(C)c1CNC1CCCC(C(N)=O)C1)CC(Br)=C(OC(C)=O)C2. The molecule has 3 N–H and O–H groups in total. The number of primary amides is 1. The van der Waals surface area contributed by atoms with Crippen LogP contribution >= 0.6 is 15.9 Å². The van der Waals surface area contributed by atoms with Gasteiger partial charge in [0.15, 0.2) is 0 Å². The maximum atomic E-state index is 12.9. The Labute approximate surface area is 190 Å². The summed E-state index contributed by atoms with van der Waals surface area (Å²) >= 11 is 3.52. The van der Waals surface area contributed by atoms with E-state index in [9.17, 15) is 14.4 Å². The molecule has 170 valence electrons. The van der Waals surface area contributed by atoms with E-state index in [0.29, 0.717) is 37.1 Å². The molecule has 0 saturated heterocycles. The monoisotopic (exact) mass is 495 g/mol. The Morgan fingerprint density at radius 2 is 2.00 bits per heavy atom. The number of halogens is 1. The molecule has 8 nitrogen and oxygen atoms in total. The van der Waals surface area contributed by atoms with Gasteiger partial charge in [-0.25, -0.2) is 4.79 Å². The Balaban J connectivity index is 1.88. The molecule has 0 aliphatic heterocycles. The zero-order valence-corrected chi connectivity index (χ0v) is 19.8. The predicted molar refractivity (Wildman–Crippen MR) is 118 cm³/mol. The van der Waals surface area contributed by atoms with Gasteiger partial charge in [0.2, 0.25) is 5.91 Å². The summed E-state index contributed by atoms with van der Waals surface area (Å²) in [6.07, 6.45) is 4.31. The number of allylic oxidation sites excluding steroid dienone is 2. The highest BCUT2D eigenvalue weighted by Gasteiger charge is 2.32. The zero-order chi connectivity index (χ0) is 22.7. The summed E-state index contributed by atoms with van der Waals surface area (Å²) < 4.78 is 13.5. The standard InChI is InChI=1S/C22H30BrN3O5/c1-4-30-22(29)20-15-9-19(31-12(2)27)16(23)10-17(15)26(3)18(20)11-25-14-7-5-6-13(8-14)21(24)28/h13-14,25H,4-11H2,1-3H3,(H2,24,28). The predicted octanol–water partition coefficient (Wildman–Crippen LogP) is 2.60. The van der Waals surface area contributed by atoms with Crippen LogP contribution in [-0.2, 0) is 45.5 Å². The van der Waals surface area contributed by atoms with Crippen LogP contribution in [0.4, 0.5) is 0 Å². The molecule has 1 aromatic rings. The topological polar surface area (TPSA) is 113 Å². The number of carbonyl (C=O) groups is 3. The molecule has 2 atom stereocenters. The lowest BCUT2D eigenvalue weighted by atomic mass is 9.85. The number of fused-ring (bicyclic) bond motifs is 1. The van der Waals surface area contributed by atoms with E-state index >= 15 is 0 Å². The third-order valence-corrected chi connectivity index (χ3v) is 6.81. The molecule has 1 amide bonds. The van der Waals surface area contributed by atoms with Crippen LogP contribution in [0.15, 0.2) is 10.2 Å². The third-order valence-electron chi connectivity index (χ3n) is 6.09. The molecular weight excluding hydrogens is 466 g/mol. The molecule has 1 heterocycles. The van der Waals surface area contributed by atoms with Crippen molar-refractivity contribution in [1.29, 1.82) is 0 Å². The summed E-state index contributed by atoms with van der Waals surface area (Å²) in [5.74, 6) is -0.611. The molecule has 1 fully saturated rings. The molecule has 0 aromatic carbocycles. The number of nitrogens with one attached hydrogen (secondary N) is 1. The summed E-state index contributed by atoms with van der Waals surface area (Å²) in [6, 6.07) is 0.162. The van der Waals surface area contributed by atoms with Crippen molar-refractivity contribution in [3.8, 4) is 0 Å². The molecule has 3 rings (SSSR count). The van der Waals surface area contributed by atoms with Gasteiger partial charge in [0.05, 0.1) is 12.2 Å². The fourth-order valence-corrected chi connectivity index (χ4v) is 5.05. The minimum absolute atomic E-state index is 0.108. The first-order valence-corrected chi connectivity index (χ1v) is 11.5. The summed E-state index contributed by atoms with van der Waals surface area (Å²) in [6.45, 7) is 3.87. The minimum atomic E-state index is -0.396. The molecule has 9 heteroatoms. The van der Waals surface area contributed by atoms with Crippen molar-refractivity contribution < 1.29 is 23.9 Å². The normalized spacial score (nSPS) is 20.9. The second-order valence-electron chi connectivity index (χ2n) is 8.15. The van der Waals surface area contributed by atoms with Gasteiger partial charge in [-0.15, -0.1) is 0 Å². The number of carbonyl (C=O) groups excluding carboxylic acids is 3. The van der Waals surface area contributed by atoms with Crippen LogP contribution in [0, 0.1) is 5.92 Å². The van der Waals surface area contributed by atoms with E-state index in [1.54, 1.807) is 6.92 Å². The lowest BCUT2D eigenvalue weighted by molar-refractivity contribution is -0.137. The van der Waals surface area contributed by atoms with E-state index in [1.807, 2.05) is 11.6 Å². The van der Waals surface area contributed by atoms with Gasteiger partial charge in [0.25, 0.3) is 0 Å². The molecule has 31 heavy (non-hydrogen) atoms. The third kappa shape index (κ3) is 5.20. The van der Waals surface area contributed by atoms with Crippen molar-refractivity contribution >= 4 is 33.8 Å². The Morgan fingerprint density at radius 1 is 1.26 bits per heavy atom. The summed E-state index contributed by atoms with van der Waals surface area (Å²) in [5, 5.41) is 3.52. The maximum Gasteiger partial charge on any atom is 0.340 e. The van der Waals surface area contributed by atoms with Crippen molar-refractivity contribution in [2.24, 2.45) is 18.7 Å². The van der Waals surface area contributed by atoms with Gasteiger partial charge in [-0.2, -0.15) is 0 Å². The molecule has 2 aliphatic rings. The van der Waals surface area contributed by atoms with E-state index in [4.69, 9.17) is 15.2 Å². The van der Waals surface area contributed by atoms with E-state index in [0.717, 1.165) is 40.7 Å². The summed E-state index contributed by atoms with van der Waals surface area (Å²) in [5.41, 5.74) is 8.68. The van der Waals surface area contributed by atoms with Crippen LogP contribution in [-0.4, -0.2) is 35.1 Å². The Bertz CT molecular complexity index is 921. The lowest BCUT2D eigenvalue weighted by Crippen LogP contribution is -2.38. The molecular formula is C22H30BrN3O5. The number of esters is 2. The second kappa shape index (κ2) is 9.99. The fourth-order valence-electron chi connectivity index (χ4n) is 4.56. The number of nitrogens with zero attached hydrogens (tertiary/aromatic N) is 1. The molecule has 0 bridgehead atoms. The van der Waals surface area contributed by atoms with Crippen LogP contribution in [0.5, 0.6) is 0 Å². The lowest BCUT2D eigenvalue weighted by Gasteiger charge is -2.28. The first-order chi connectivity index (χ1) is 14.7. The molecule has 2 aliphatic carbocycles. The molecule has 0 spiro atoms. The van der Waals surface area contributed by atoms with E-state index in [1.165, 1.54) is 6.92 Å². The van der Waals surface area contributed by atoms with Crippen molar-refractivity contribution in [1.82, 2.24) is 9.88 Å². The van der Waals surface area contributed by atoms with Crippen LogP contribution in [0.1, 0.15) is 66.8 Å². The van der Waals surface area contributed by atoms with Crippen molar-refractivity contribution in [2.45, 2.75) is 65.0 Å². The molecule has 1 saturated carbocycles. The quantitative estimate of drug-likeness (QED) is 0.562. The smallest absolute Gasteiger partial charge is 0.340 e. The Hall–Kier alpha value is -2.13. The van der Waals surface area contributed by atoms with Crippen LogP contribution < -0.4 is 11.1 Å². The summed E-state index contributed by atoms with van der Waals surface area (Å²) in [7, 11) is 1.93. The van der Waals surface area contributed by atoms with Crippen molar-refractivity contribution in [3.05, 3.63) is 32.8 Å². The van der Waals surface area contributed by atoms with Gasteiger partial charge >= 0.3 is 11.9 Å². The number of rotatable bonds is 7. The highest BCUT2D eigenvalue weighted by molar-refractivity contribution is 9.11. The highest BCUT2D eigenvalue weighted by atomic mass is 79.9. The van der Waals surface area contributed by atoms with Gasteiger partial charge in [-0.3, -0.25) is 9.59 Å². The van der Waals surface area contributed by atoms with Gasteiger partial charge in [0, 0.05) is 61.2 Å². The Kier molecular flexibility index (Phi) is 7.59. The maximum absolute atomic E-state index is 12.9. The van der Waals surface area contributed by atoms with Gasteiger partial charge in [0.1, 0.15) is 5.76 Å². The minimum Gasteiger partial charge on any atom is -0.462 e. The number of hydrogen-bond acceptors (Lipinski definition) is 6.